The second kappa shape index (κ2) is 4.77. The van der Waals surface area contributed by atoms with Gasteiger partial charge in [-0.25, -0.2) is 0 Å². The lowest BCUT2D eigenvalue weighted by Crippen LogP contribution is -2.47. The average molecular weight is 182 g/mol. The molecular formula is C11H22N2. The molecule has 3 unspecified atom stereocenters. The van der Waals surface area contributed by atoms with Gasteiger partial charge in [0.05, 0.1) is 0 Å². The summed E-state index contributed by atoms with van der Waals surface area (Å²) in [5, 5.41) is 0. The molecular weight excluding hydrogens is 160 g/mol. The first kappa shape index (κ1) is 10.7. The molecule has 0 bridgehead atoms. The van der Waals surface area contributed by atoms with Crippen LogP contribution in [-0.2, 0) is 0 Å². The first-order valence-electron chi connectivity index (χ1n) is 5.27. The van der Waals surface area contributed by atoms with Gasteiger partial charge in [0.1, 0.15) is 0 Å². The Bertz CT molecular complexity index is 167. The predicted molar refractivity (Wildman–Crippen MR) is 57.6 cm³/mol. The average Bonchev–Trinajstić information content (AvgIpc) is 2.17. The van der Waals surface area contributed by atoms with Gasteiger partial charge in [-0.15, -0.1) is 6.58 Å². The van der Waals surface area contributed by atoms with Gasteiger partial charge in [-0.2, -0.15) is 0 Å². The molecule has 0 aromatic carbocycles. The van der Waals surface area contributed by atoms with Crippen LogP contribution in [0, 0.1) is 5.92 Å². The van der Waals surface area contributed by atoms with E-state index in [2.05, 4.69) is 25.3 Å². The smallest absolute Gasteiger partial charge is 0.0250 e. The normalized spacial score (nSPS) is 32.8. The third kappa shape index (κ3) is 2.55. The van der Waals surface area contributed by atoms with Crippen LogP contribution in [0.2, 0.25) is 0 Å². The molecule has 1 rings (SSSR count). The van der Waals surface area contributed by atoms with Crippen LogP contribution in [0.15, 0.2) is 12.7 Å². The molecule has 1 heterocycles. The van der Waals surface area contributed by atoms with Gasteiger partial charge in [-0.05, 0) is 39.2 Å². The number of hydrogen-bond donors (Lipinski definition) is 1. The SMILES string of the molecule is C=CC(C)N1CC(CN)CCC1C. The van der Waals surface area contributed by atoms with Crippen molar-refractivity contribution in [2.75, 3.05) is 13.1 Å². The first-order valence-corrected chi connectivity index (χ1v) is 5.27. The molecule has 13 heavy (non-hydrogen) atoms. The van der Waals surface area contributed by atoms with Crippen molar-refractivity contribution in [2.45, 2.75) is 38.8 Å². The molecule has 0 aliphatic carbocycles. The summed E-state index contributed by atoms with van der Waals surface area (Å²) < 4.78 is 0. The molecule has 2 N–H and O–H groups in total. The van der Waals surface area contributed by atoms with E-state index in [-0.39, 0.29) is 0 Å². The molecule has 1 saturated heterocycles. The highest BCUT2D eigenvalue weighted by atomic mass is 15.2. The summed E-state index contributed by atoms with van der Waals surface area (Å²) in [5.41, 5.74) is 5.70. The lowest BCUT2D eigenvalue weighted by molar-refractivity contribution is 0.100. The highest BCUT2D eigenvalue weighted by Crippen LogP contribution is 2.23. The molecule has 0 radical (unpaired) electrons. The number of hydrogen-bond acceptors (Lipinski definition) is 2. The monoisotopic (exact) mass is 182 g/mol. The first-order chi connectivity index (χ1) is 6.19. The van der Waals surface area contributed by atoms with Gasteiger partial charge in [0.25, 0.3) is 0 Å². The largest absolute Gasteiger partial charge is 0.330 e. The van der Waals surface area contributed by atoms with Gasteiger partial charge in [0.2, 0.25) is 0 Å². The molecule has 3 atom stereocenters. The fourth-order valence-corrected chi connectivity index (χ4v) is 2.11. The molecule has 0 amide bonds. The Morgan fingerprint density at radius 3 is 2.85 bits per heavy atom. The lowest BCUT2D eigenvalue weighted by atomic mass is 9.92. The van der Waals surface area contributed by atoms with Crippen LogP contribution >= 0.6 is 0 Å². The molecule has 0 aromatic heterocycles. The summed E-state index contributed by atoms with van der Waals surface area (Å²) in [6.07, 6.45) is 4.59. The zero-order chi connectivity index (χ0) is 9.84. The van der Waals surface area contributed by atoms with E-state index in [0.717, 1.165) is 13.1 Å². The van der Waals surface area contributed by atoms with Gasteiger partial charge < -0.3 is 5.73 Å². The number of nitrogens with zero attached hydrogens (tertiary/aromatic N) is 1. The minimum atomic E-state index is 0.490. The summed E-state index contributed by atoms with van der Waals surface area (Å²) >= 11 is 0. The van der Waals surface area contributed by atoms with Gasteiger partial charge >= 0.3 is 0 Å². The molecule has 1 fully saturated rings. The lowest BCUT2D eigenvalue weighted by Gasteiger charge is -2.40. The maximum Gasteiger partial charge on any atom is 0.0250 e. The van der Waals surface area contributed by atoms with Crippen molar-refractivity contribution in [1.82, 2.24) is 4.90 Å². The molecule has 0 aromatic rings. The highest BCUT2D eigenvalue weighted by molar-refractivity contribution is 4.90. The Hall–Kier alpha value is -0.340. The third-order valence-corrected chi connectivity index (χ3v) is 3.23. The number of nitrogens with two attached hydrogens (primary N) is 1. The van der Waals surface area contributed by atoms with Gasteiger partial charge in [-0.3, -0.25) is 4.90 Å². The van der Waals surface area contributed by atoms with Crippen molar-refractivity contribution in [1.29, 1.82) is 0 Å². The van der Waals surface area contributed by atoms with E-state index in [0.29, 0.717) is 18.0 Å². The van der Waals surface area contributed by atoms with Crippen LogP contribution in [0.5, 0.6) is 0 Å². The van der Waals surface area contributed by atoms with E-state index >= 15 is 0 Å². The van der Waals surface area contributed by atoms with Crippen LogP contribution in [0.25, 0.3) is 0 Å². The quantitative estimate of drug-likeness (QED) is 0.672. The molecule has 0 spiro atoms. The van der Waals surface area contributed by atoms with E-state index in [1.54, 1.807) is 0 Å². The Morgan fingerprint density at radius 2 is 2.31 bits per heavy atom. The summed E-state index contributed by atoms with van der Waals surface area (Å²) in [4.78, 5) is 2.51. The van der Waals surface area contributed by atoms with Crippen LogP contribution < -0.4 is 5.73 Å². The Labute approximate surface area is 81.8 Å². The van der Waals surface area contributed by atoms with Crippen molar-refractivity contribution >= 4 is 0 Å². The zero-order valence-corrected chi connectivity index (χ0v) is 8.87. The van der Waals surface area contributed by atoms with E-state index in [9.17, 15) is 0 Å². The standard InChI is InChI=1S/C11H22N2/c1-4-9(2)13-8-11(7-12)6-5-10(13)3/h4,9-11H,1,5-8,12H2,2-3H3. The topological polar surface area (TPSA) is 29.3 Å². The Kier molecular flexibility index (Phi) is 3.94. The summed E-state index contributed by atoms with van der Waals surface area (Å²) in [5.74, 6) is 0.693. The number of rotatable bonds is 3. The Balaban J connectivity index is 2.54. The maximum atomic E-state index is 5.70. The van der Waals surface area contributed by atoms with Crippen molar-refractivity contribution in [3.63, 3.8) is 0 Å². The minimum Gasteiger partial charge on any atom is -0.330 e. The fourth-order valence-electron chi connectivity index (χ4n) is 2.11. The molecule has 76 valence electrons. The van der Waals surface area contributed by atoms with E-state index < -0.39 is 0 Å². The molecule has 1 aliphatic rings. The Morgan fingerprint density at radius 1 is 1.62 bits per heavy atom. The minimum absolute atomic E-state index is 0.490. The maximum absolute atomic E-state index is 5.70. The van der Waals surface area contributed by atoms with Crippen molar-refractivity contribution in [3.8, 4) is 0 Å². The van der Waals surface area contributed by atoms with Crippen molar-refractivity contribution in [3.05, 3.63) is 12.7 Å². The van der Waals surface area contributed by atoms with Crippen molar-refractivity contribution in [2.24, 2.45) is 11.7 Å². The van der Waals surface area contributed by atoms with Crippen LogP contribution in [0.3, 0.4) is 0 Å². The predicted octanol–water partition coefficient (Wildman–Crippen LogP) is 1.62. The zero-order valence-electron chi connectivity index (χ0n) is 8.87. The second-order valence-corrected chi connectivity index (χ2v) is 4.20. The summed E-state index contributed by atoms with van der Waals surface area (Å²) in [6, 6.07) is 1.18. The van der Waals surface area contributed by atoms with Crippen LogP contribution in [-0.4, -0.2) is 30.1 Å². The summed E-state index contributed by atoms with van der Waals surface area (Å²) in [6.45, 7) is 10.3. The van der Waals surface area contributed by atoms with Gasteiger partial charge in [0.15, 0.2) is 0 Å². The molecule has 2 heteroatoms. The summed E-state index contributed by atoms with van der Waals surface area (Å²) in [7, 11) is 0. The molecule has 1 aliphatic heterocycles. The van der Waals surface area contributed by atoms with E-state index in [1.165, 1.54) is 12.8 Å². The fraction of sp³-hybridized carbons (Fsp3) is 0.818. The number of likely N-dealkylation sites (tertiary alicyclic amines) is 1. The van der Waals surface area contributed by atoms with Crippen LogP contribution in [0.4, 0.5) is 0 Å². The van der Waals surface area contributed by atoms with E-state index in [4.69, 9.17) is 5.73 Å². The van der Waals surface area contributed by atoms with E-state index in [1.807, 2.05) is 6.08 Å². The molecule has 2 nitrogen and oxygen atoms in total. The molecule has 0 saturated carbocycles. The van der Waals surface area contributed by atoms with Gasteiger partial charge in [-0.1, -0.05) is 6.08 Å². The second-order valence-electron chi connectivity index (χ2n) is 4.20. The van der Waals surface area contributed by atoms with Gasteiger partial charge in [0, 0.05) is 18.6 Å². The van der Waals surface area contributed by atoms with Crippen molar-refractivity contribution < 1.29 is 0 Å². The number of piperidine rings is 1. The highest BCUT2D eigenvalue weighted by Gasteiger charge is 2.26. The third-order valence-electron chi connectivity index (χ3n) is 3.23. The van der Waals surface area contributed by atoms with Crippen LogP contribution in [0.1, 0.15) is 26.7 Å².